The van der Waals surface area contributed by atoms with Crippen molar-refractivity contribution in [3.05, 3.63) is 29.8 Å². The molecule has 0 spiro atoms. The van der Waals surface area contributed by atoms with Crippen molar-refractivity contribution in [3.63, 3.8) is 0 Å². The van der Waals surface area contributed by atoms with Crippen LogP contribution in [0.2, 0.25) is 0 Å². The summed E-state index contributed by atoms with van der Waals surface area (Å²) in [6.45, 7) is 3.90. The van der Waals surface area contributed by atoms with E-state index in [1.165, 1.54) is 18.4 Å². The zero-order valence-electron chi connectivity index (χ0n) is 14.1. The Hall–Kier alpha value is -1.75. The average molecular weight is 304 g/mol. The van der Waals surface area contributed by atoms with Gasteiger partial charge in [-0.25, -0.2) is 0 Å². The van der Waals surface area contributed by atoms with Gasteiger partial charge >= 0.3 is 0 Å². The van der Waals surface area contributed by atoms with Gasteiger partial charge in [-0.15, -0.1) is 0 Å². The number of benzene rings is 1. The van der Waals surface area contributed by atoms with E-state index in [1.54, 1.807) is 14.2 Å². The average Bonchev–Trinajstić information content (AvgIpc) is 3.39. The first-order valence-corrected chi connectivity index (χ1v) is 7.93. The number of likely N-dealkylation sites (N-methyl/N-ethyl adjacent to an activating group) is 1. The van der Waals surface area contributed by atoms with Crippen LogP contribution in [0, 0.1) is 0 Å². The summed E-state index contributed by atoms with van der Waals surface area (Å²) in [5.41, 5.74) is 1.20. The summed E-state index contributed by atoms with van der Waals surface area (Å²) >= 11 is 0. The summed E-state index contributed by atoms with van der Waals surface area (Å²) in [6, 6.07) is 9.35. The summed E-state index contributed by atoms with van der Waals surface area (Å²) in [5.74, 6) is 1.72. The van der Waals surface area contributed by atoms with Gasteiger partial charge in [0.05, 0.1) is 7.11 Å². The number of hydrogen-bond acceptors (Lipinski definition) is 3. The molecule has 0 aliphatic heterocycles. The largest absolute Gasteiger partial charge is 0.497 e. The van der Waals surface area contributed by atoms with E-state index in [9.17, 15) is 0 Å². The first kappa shape index (κ1) is 16.6. The van der Waals surface area contributed by atoms with Crippen LogP contribution in [0.3, 0.4) is 0 Å². The zero-order chi connectivity index (χ0) is 15.9. The van der Waals surface area contributed by atoms with E-state index in [0.717, 1.165) is 30.8 Å². The van der Waals surface area contributed by atoms with Gasteiger partial charge in [-0.05, 0) is 44.5 Å². The molecule has 1 saturated carbocycles. The van der Waals surface area contributed by atoms with E-state index in [-0.39, 0.29) is 0 Å². The Morgan fingerprint density at radius 3 is 2.55 bits per heavy atom. The highest BCUT2D eigenvalue weighted by Gasteiger charge is 2.28. The lowest BCUT2D eigenvalue weighted by Crippen LogP contribution is -2.45. The molecule has 2 rings (SSSR count). The molecule has 1 aromatic carbocycles. The molecule has 0 radical (unpaired) electrons. The van der Waals surface area contributed by atoms with Crippen LogP contribution in [0.25, 0.3) is 0 Å². The molecule has 1 unspecified atom stereocenters. The van der Waals surface area contributed by atoms with Gasteiger partial charge in [0.2, 0.25) is 0 Å². The van der Waals surface area contributed by atoms with Crippen molar-refractivity contribution in [3.8, 4) is 5.75 Å². The first-order valence-electron chi connectivity index (χ1n) is 7.93. The molecule has 122 valence electrons. The van der Waals surface area contributed by atoms with Crippen LogP contribution in [0.4, 0.5) is 0 Å². The lowest BCUT2D eigenvalue weighted by Gasteiger charge is -2.25. The summed E-state index contributed by atoms with van der Waals surface area (Å²) in [5, 5.41) is 6.74. The molecule has 1 aromatic rings. The summed E-state index contributed by atoms with van der Waals surface area (Å²) in [6.07, 6.45) is 2.68. The molecule has 5 nitrogen and oxygen atoms in total. The van der Waals surface area contributed by atoms with Crippen molar-refractivity contribution in [2.24, 2.45) is 4.99 Å². The predicted molar refractivity (Wildman–Crippen MR) is 91.4 cm³/mol. The van der Waals surface area contributed by atoms with Gasteiger partial charge in [0.25, 0.3) is 0 Å². The maximum absolute atomic E-state index is 5.17. The highest BCUT2D eigenvalue weighted by molar-refractivity contribution is 5.79. The Morgan fingerprint density at radius 2 is 2.00 bits per heavy atom. The number of nitrogens with zero attached hydrogens (tertiary/aromatic N) is 2. The van der Waals surface area contributed by atoms with E-state index in [2.05, 4.69) is 46.6 Å². The number of hydrogen-bond donors (Lipinski definition) is 2. The fourth-order valence-corrected chi connectivity index (χ4v) is 2.38. The smallest absolute Gasteiger partial charge is 0.191 e. The monoisotopic (exact) mass is 304 g/mol. The van der Waals surface area contributed by atoms with Crippen molar-refractivity contribution in [2.75, 3.05) is 27.7 Å². The van der Waals surface area contributed by atoms with Gasteiger partial charge in [-0.2, -0.15) is 0 Å². The van der Waals surface area contributed by atoms with Crippen molar-refractivity contribution in [1.29, 1.82) is 0 Å². The van der Waals surface area contributed by atoms with Crippen LogP contribution in [-0.2, 0) is 6.54 Å². The third-order valence-corrected chi connectivity index (χ3v) is 4.23. The molecule has 0 heterocycles. The molecule has 5 heteroatoms. The molecule has 1 aliphatic rings. The maximum Gasteiger partial charge on any atom is 0.191 e. The molecular weight excluding hydrogens is 276 g/mol. The second-order valence-electron chi connectivity index (χ2n) is 5.90. The summed E-state index contributed by atoms with van der Waals surface area (Å²) in [7, 11) is 5.69. The maximum atomic E-state index is 5.17. The number of methoxy groups -OCH3 is 1. The molecule has 0 amide bonds. The number of ether oxygens (including phenoxy) is 1. The summed E-state index contributed by atoms with van der Waals surface area (Å²) in [4.78, 5) is 6.73. The lowest BCUT2D eigenvalue weighted by molar-refractivity contribution is 0.247. The lowest BCUT2D eigenvalue weighted by atomic mass is 10.2. The van der Waals surface area contributed by atoms with Crippen LogP contribution in [0.15, 0.2) is 29.3 Å². The number of aliphatic imine (C=N–C) groups is 1. The summed E-state index contributed by atoms with van der Waals surface area (Å²) < 4.78 is 5.17. The molecule has 0 saturated heterocycles. The standard InChI is InChI=1S/C17H28N4O/c1-13(21(3)15-7-8-15)11-19-17(18-2)20-12-14-5-9-16(22-4)10-6-14/h5-6,9-10,13,15H,7-8,11-12H2,1-4H3,(H2,18,19,20). The third kappa shape index (κ3) is 4.91. The second-order valence-corrected chi connectivity index (χ2v) is 5.90. The van der Waals surface area contributed by atoms with Crippen LogP contribution in [0.5, 0.6) is 5.75 Å². The molecular formula is C17H28N4O. The zero-order valence-corrected chi connectivity index (χ0v) is 14.1. The molecule has 22 heavy (non-hydrogen) atoms. The van der Waals surface area contributed by atoms with E-state index < -0.39 is 0 Å². The minimum absolute atomic E-state index is 0.507. The van der Waals surface area contributed by atoms with Crippen molar-refractivity contribution in [1.82, 2.24) is 15.5 Å². The van der Waals surface area contributed by atoms with Crippen molar-refractivity contribution >= 4 is 5.96 Å². The van der Waals surface area contributed by atoms with Crippen LogP contribution in [0.1, 0.15) is 25.3 Å². The topological polar surface area (TPSA) is 48.9 Å². The molecule has 1 atom stereocenters. The minimum Gasteiger partial charge on any atom is -0.497 e. The fraction of sp³-hybridized carbons (Fsp3) is 0.588. The van der Waals surface area contributed by atoms with E-state index in [0.29, 0.717) is 6.04 Å². The molecule has 2 N–H and O–H groups in total. The number of rotatable bonds is 7. The molecule has 0 aromatic heterocycles. The Morgan fingerprint density at radius 1 is 1.32 bits per heavy atom. The van der Waals surface area contributed by atoms with E-state index >= 15 is 0 Å². The predicted octanol–water partition coefficient (Wildman–Crippen LogP) is 1.84. The third-order valence-electron chi connectivity index (χ3n) is 4.23. The van der Waals surface area contributed by atoms with Gasteiger partial charge in [-0.3, -0.25) is 9.89 Å². The quantitative estimate of drug-likeness (QED) is 0.596. The highest BCUT2D eigenvalue weighted by atomic mass is 16.5. The fourth-order valence-electron chi connectivity index (χ4n) is 2.38. The number of nitrogens with one attached hydrogen (secondary N) is 2. The SMILES string of the molecule is CN=C(NCc1ccc(OC)cc1)NCC(C)N(C)C1CC1. The van der Waals surface area contributed by atoms with Crippen LogP contribution in [-0.4, -0.2) is 50.7 Å². The Kier molecular flexibility index (Phi) is 6.07. The van der Waals surface area contributed by atoms with Gasteiger partial charge in [0.15, 0.2) is 5.96 Å². The van der Waals surface area contributed by atoms with Crippen LogP contribution >= 0.6 is 0 Å². The Bertz CT molecular complexity index is 482. The van der Waals surface area contributed by atoms with Gasteiger partial charge in [0, 0.05) is 32.2 Å². The normalized spacial score (nSPS) is 16.5. The van der Waals surface area contributed by atoms with E-state index in [4.69, 9.17) is 4.74 Å². The van der Waals surface area contributed by atoms with Crippen LogP contribution < -0.4 is 15.4 Å². The van der Waals surface area contributed by atoms with E-state index in [1.807, 2.05) is 12.1 Å². The minimum atomic E-state index is 0.507. The Labute approximate surface area is 133 Å². The Balaban J connectivity index is 1.74. The highest BCUT2D eigenvalue weighted by Crippen LogP contribution is 2.26. The molecule has 1 aliphatic carbocycles. The molecule has 1 fully saturated rings. The van der Waals surface area contributed by atoms with Gasteiger partial charge < -0.3 is 15.4 Å². The van der Waals surface area contributed by atoms with Gasteiger partial charge in [-0.1, -0.05) is 12.1 Å². The van der Waals surface area contributed by atoms with Crippen molar-refractivity contribution in [2.45, 2.75) is 38.4 Å². The number of guanidine groups is 1. The second kappa shape index (κ2) is 8.03. The van der Waals surface area contributed by atoms with Gasteiger partial charge in [0.1, 0.15) is 5.75 Å². The van der Waals surface area contributed by atoms with Crippen molar-refractivity contribution < 1.29 is 4.74 Å². The molecule has 0 bridgehead atoms. The first-order chi connectivity index (χ1) is 10.6.